The Morgan fingerprint density at radius 3 is 2.32 bits per heavy atom. The normalized spacial score (nSPS) is 10.3. The van der Waals surface area contributed by atoms with E-state index in [0.29, 0.717) is 0 Å². The van der Waals surface area contributed by atoms with Gasteiger partial charge in [0.05, 0.1) is 15.0 Å². The number of benzene rings is 1. The van der Waals surface area contributed by atoms with Crippen LogP contribution in [0.2, 0.25) is 15.2 Å². The topological polar surface area (TPSA) is 65.3 Å². The van der Waals surface area contributed by atoms with Gasteiger partial charge < -0.3 is 4.74 Å². The molecule has 0 fully saturated rings. The van der Waals surface area contributed by atoms with Gasteiger partial charge in [-0.15, -0.1) is 0 Å². The predicted octanol–water partition coefficient (Wildman–Crippen LogP) is 4.74. The average Bonchev–Trinajstić information content (AvgIpc) is 2.33. The molecular formula is C11H5Cl3N2O3. The molecule has 0 N–H and O–H groups in total. The molecule has 0 bridgehead atoms. The van der Waals surface area contributed by atoms with Crippen molar-refractivity contribution in [1.29, 1.82) is 0 Å². The maximum Gasteiger partial charge on any atom is 0.272 e. The first-order chi connectivity index (χ1) is 8.97. The highest BCUT2D eigenvalue weighted by molar-refractivity contribution is 6.37. The van der Waals surface area contributed by atoms with Gasteiger partial charge in [-0.25, -0.2) is 4.98 Å². The van der Waals surface area contributed by atoms with E-state index < -0.39 is 4.92 Å². The molecule has 0 radical (unpaired) electrons. The number of hydrogen-bond donors (Lipinski definition) is 0. The number of pyridine rings is 1. The predicted molar refractivity (Wildman–Crippen MR) is 72.4 cm³/mol. The zero-order valence-electron chi connectivity index (χ0n) is 9.14. The molecule has 2 rings (SSSR count). The molecule has 1 aromatic heterocycles. The van der Waals surface area contributed by atoms with Crippen molar-refractivity contribution in [3.63, 3.8) is 0 Å². The lowest BCUT2D eigenvalue weighted by atomic mass is 10.3. The summed E-state index contributed by atoms with van der Waals surface area (Å²) in [6.07, 6.45) is 0. The van der Waals surface area contributed by atoms with Crippen LogP contribution in [0, 0.1) is 10.1 Å². The molecule has 0 unspecified atom stereocenters. The molecule has 98 valence electrons. The molecule has 2 aromatic rings. The average molecular weight is 320 g/mol. The van der Waals surface area contributed by atoms with Crippen LogP contribution in [0.5, 0.6) is 11.6 Å². The summed E-state index contributed by atoms with van der Waals surface area (Å²) in [6.45, 7) is 0. The van der Waals surface area contributed by atoms with Gasteiger partial charge in [0.2, 0.25) is 5.88 Å². The first kappa shape index (κ1) is 13.9. The standard InChI is InChI=1S/C11H5Cl3N2O3/c12-7-4-6(16(17)18)5-8(13)11(7)19-10-3-1-2-9(14)15-10/h1-5H. The summed E-state index contributed by atoms with van der Waals surface area (Å²) in [4.78, 5) is 13.9. The Bertz CT molecular complexity index is 626. The van der Waals surface area contributed by atoms with E-state index in [2.05, 4.69) is 4.98 Å². The minimum Gasteiger partial charge on any atom is -0.436 e. The van der Waals surface area contributed by atoms with Crippen molar-refractivity contribution in [1.82, 2.24) is 4.98 Å². The Kier molecular flexibility index (Phi) is 4.09. The number of aromatic nitrogens is 1. The van der Waals surface area contributed by atoms with Gasteiger partial charge in [-0.3, -0.25) is 10.1 Å². The molecule has 8 heteroatoms. The number of ether oxygens (including phenoxy) is 1. The summed E-state index contributed by atoms with van der Waals surface area (Å²) in [6, 6.07) is 7.06. The fourth-order valence-corrected chi connectivity index (χ4v) is 2.01. The van der Waals surface area contributed by atoms with Crippen molar-refractivity contribution in [2.75, 3.05) is 0 Å². The largest absolute Gasteiger partial charge is 0.436 e. The van der Waals surface area contributed by atoms with Crippen molar-refractivity contribution in [2.24, 2.45) is 0 Å². The number of nitro benzene ring substituents is 1. The van der Waals surface area contributed by atoms with Crippen molar-refractivity contribution in [3.8, 4) is 11.6 Å². The van der Waals surface area contributed by atoms with Crippen LogP contribution >= 0.6 is 34.8 Å². The van der Waals surface area contributed by atoms with Gasteiger partial charge in [-0.05, 0) is 6.07 Å². The maximum atomic E-state index is 10.6. The first-order valence-corrected chi connectivity index (χ1v) is 6.04. The van der Waals surface area contributed by atoms with Gasteiger partial charge in [0.25, 0.3) is 5.69 Å². The summed E-state index contributed by atoms with van der Waals surface area (Å²) in [5.74, 6) is 0.272. The Balaban J connectivity index is 2.38. The molecule has 5 nitrogen and oxygen atoms in total. The van der Waals surface area contributed by atoms with Gasteiger partial charge in [-0.1, -0.05) is 40.9 Å². The van der Waals surface area contributed by atoms with E-state index in [1.807, 2.05) is 0 Å². The number of nitrogens with zero attached hydrogens (tertiary/aromatic N) is 2. The van der Waals surface area contributed by atoms with E-state index in [-0.39, 0.29) is 32.5 Å². The highest BCUT2D eigenvalue weighted by atomic mass is 35.5. The Morgan fingerprint density at radius 2 is 1.79 bits per heavy atom. The summed E-state index contributed by atoms with van der Waals surface area (Å²) in [5, 5.41) is 10.9. The molecule has 0 atom stereocenters. The van der Waals surface area contributed by atoms with Crippen LogP contribution in [0.1, 0.15) is 0 Å². The van der Waals surface area contributed by atoms with Gasteiger partial charge >= 0.3 is 0 Å². The highest BCUT2D eigenvalue weighted by Gasteiger charge is 2.16. The molecule has 0 aliphatic rings. The van der Waals surface area contributed by atoms with Gasteiger partial charge in [0, 0.05) is 18.2 Å². The summed E-state index contributed by atoms with van der Waals surface area (Å²) < 4.78 is 5.37. The second kappa shape index (κ2) is 5.61. The second-order valence-corrected chi connectivity index (χ2v) is 4.60. The molecule has 0 aliphatic heterocycles. The Labute approximate surface area is 122 Å². The molecule has 0 spiro atoms. The van der Waals surface area contributed by atoms with Gasteiger partial charge in [-0.2, -0.15) is 0 Å². The number of nitro groups is 1. The third-order valence-electron chi connectivity index (χ3n) is 2.09. The lowest BCUT2D eigenvalue weighted by Crippen LogP contribution is -1.93. The third-order valence-corrected chi connectivity index (χ3v) is 2.86. The lowest BCUT2D eigenvalue weighted by Gasteiger charge is -2.08. The molecule has 0 amide bonds. The van der Waals surface area contributed by atoms with E-state index in [9.17, 15) is 10.1 Å². The Morgan fingerprint density at radius 1 is 1.16 bits per heavy atom. The van der Waals surface area contributed by atoms with Crippen LogP contribution in [-0.2, 0) is 0 Å². The van der Waals surface area contributed by atoms with E-state index in [1.165, 1.54) is 0 Å². The van der Waals surface area contributed by atoms with E-state index in [0.717, 1.165) is 12.1 Å². The molecular weight excluding hydrogens is 314 g/mol. The van der Waals surface area contributed by atoms with Crippen molar-refractivity contribution in [2.45, 2.75) is 0 Å². The summed E-state index contributed by atoms with van der Waals surface area (Å²) in [7, 11) is 0. The monoisotopic (exact) mass is 318 g/mol. The van der Waals surface area contributed by atoms with Crippen LogP contribution in [-0.4, -0.2) is 9.91 Å². The zero-order chi connectivity index (χ0) is 14.0. The highest BCUT2D eigenvalue weighted by Crippen LogP contribution is 2.39. The molecule has 0 saturated carbocycles. The molecule has 0 saturated heterocycles. The molecule has 1 heterocycles. The van der Waals surface area contributed by atoms with Crippen LogP contribution in [0.15, 0.2) is 30.3 Å². The van der Waals surface area contributed by atoms with Crippen molar-refractivity contribution >= 4 is 40.5 Å². The SMILES string of the molecule is O=[N+]([O-])c1cc(Cl)c(Oc2cccc(Cl)n2)c(Cl)c1. The minimum atomic E-state index is -0.598. The first-order valence-electron chi connectivity index (χ1n) is 4.91. The number of rotatable bonds is 3. The fraction of sp³-hybridized carbons (Fsp3) is 0. The number of halogens is 3. The molecule has 19 heavy (non-hydrogen) atoms. The number of hydrogen-bond acceptors (Lipinski definition) is 4. The van der Waals surface area contributed by atoms with Gasteiger partial charge in [0.1, 0.15) is 5.15 Å². The fourth-order valence-electron chi connectivity index (χ4n) is 1.30. The third kappa shape index (κ3) is 3.26. The van der Waals surface area contributed by atoms with Gasteiger partial charge in [0.15, 0.2) is 5.75 Å². The van der Waals surface area contributed by atoms with E-state index in [4.69, 9.17) is 39.5 Å². The van der Waals surface area contributed by atoms with Crippen LogP contribution in [0.3, 0.4) is 0 Å². The minimum absolute atomic E-state index is 0.0148. The summed E-state index contributed by atoms with van der Waals surface area (Å²) >= 11 is 17.5. The molecule has 1 aromatic carbocycles. The van der Waals surface area contributed by atoms with Crippen LogP contribution in [0.4, 0.5) is 5.69 Å². The summed E-state index contributed by atoms with van der Waals surface area (Å²) in [5.41, 5.74) is -0.221. The zero-order valence-corrected chi connectivity index (χ0v) is 11.4. The quantitative estimate of drug-likeness (QED) is 0.465. The smallest absolute Gasteiger partial charge is 0.272 e. The van der Waals surface area contributed by atoms with Crippen molar-refractivity contribution < 1.29 is 9.66 Å². The molecule has 0 aliphatic carbocycles. The maximum absolute atomic E-state index is 10.6. The Hall–Kier alpha value is -1.56. The van der Waals surface area contributed by atoms with Crippen LogP contribution in [0.25, 0.3) is 0 Å². The van der Waals surface area contributed by atoms with E-state index in [1.54, 1.807) is 18.2 Å². The second-order valence-electron chi connectivity index (χ2n) is 3.40. The number of non-ortho nitro benzene ring substituents is 1. The van der Waals surface area contributed by atoms with Crippen LogP contribution < -0.4 is 4.74 Å². The lowest BCUT2D eigenvalue weighted by molar-refractivity contribution is -0.384. The van der Waals surface area contributed by atoms with Crippen molar-refractivity contribution in [3.05, 3.63) is 55.6 Å². The van der Waals surface area contributed by atoms with E-state index >= 15 is 0 Å².